The standard InChI is InChI=1S/C15H23N/c1-10(2)7-13-5-6-15-12(4)16-11(3)8-14(15)9-13/h5-6,9-12,16H,7-8H2,1-4H3. The Hall–Kier alpha value is -0.820. The molecule has 0 radical (unpaired) electrons. The highest BCUT2D eigenvalue weighted by atomic mass is 14.9. The molecular formula is C15H23N. The molecule has 1 heteroatoms. The predicted molar refractivity (Wildman–Crippen MR) is 69.7 cm³/mol. The van der Waals surface area contributed by atoms with E-state index in [1.54, 1.807) is 5.56 Å². The Kier molecular flexibility index (Phi) is 3.34. The maximum atomic E-state index is 3.60. The first-order chi connectivity index (χ1) is 7.56. The Morgan fingerprint density at radius 1 is 1.31 bits per heavy atom. The molecule has 16 heavy (non-hydrogen) atoms. The fourth-order valence-corrected chi connectivity index (χ4v) is 2.76. The molecule has 2 unspecified atom stereocenters. The number of fused-ring (bicyclic) bond motifs is 1. The molecule has 0 fully saturated rings. The Balaban J connectivity index is 2.27. The number of rotatable bonds is 2. The molecule has 0 bridgehead atoms. The highest BCUT2D eigenvalue weighted by Crippen LogP contribution is 2.26. The summed E-state index contributed by atoms with van der Waals surface area (Å²) in [7, 11) is 0. The van der Waals surface area contributed by atoms with Crippen LogP contribution in [0.2, 0.25) is 0 Å². The third kappa shape index (κ3) is 2.46. The van der Waals surface area contributed by atoms with E-state index >= 15 is 0 Å². The van der Waals surface area contributed by atoms with Crippen molar-refractivity contribution in [2.45, 2.75) is 52.6 Å². The Labute approximate surface area is 99.3 Å². The van der Waals surface area contributed by atoms with E-state index in [9.17, 15) is 0 Å². The van der Waals surface area contributed by atoms with E-state index in [0.29, 0.717) is 12.1 Å². The lowest BCUT2D eigenvalue weighted by Crippen LogP contribution is -2.35. The zero-order valence-corrected chi connectivity index (χ0v) is 10.9. The van der Waals surface area contributed by atoms with E-state index in [0.717, 1.165) is 5.92 Å². The lowest BCUT2D eigenvalue weighted by molar-refractivity contribution is 0.445. The molecule has 0 aromatic heterocycles. The van der Waals surface area contributed by atoms with Gasteiger partial charge in [-0.2, -0.15) is 0 Å². The summed E-state index contributed by atoms with van der Waals surface area (Å²) in [5.74, 6) is 0.745. The summed E-state index contributed by atoms with van der Waals surface area (Å²) in [5.41, 5.74) is 4.54. The van der Waals surface area contributed by atoms with Gasteiger partial charge in [0.1, 0.15) is 0 Å². The van der Waals surface area contributed by atoms with Crippen molar-refractivity contribution in [1.29, 1.82) is 0 Å². The van der Waals surface area contributed by atoms with Crippen LogP contribution < -0.4 is 5.32 Å². The topological polar surface area (TPSA) is 12.0 Å². The number of hydrogen-bond donors (Lipinski definition) is 1. The highest BCUT2D eigenvalue weighted by molar-refractivity contribution is 5.36. The van der Waals surface area contributed by atoms with Crippen LogP contribution in [0.3, 0.4) is 0 Å². The van der Waals surface area contributed by atoms with Gasteiger partial charge in [0, 0.05) is 12.1 Å². The number of benzene rings is 1. The van der Waals surface area contributed by atoms with Crippen molar-refractivity contribution in [2.75, 3.05) is 0 Å². The minimum atomic E-state index is 0.506. The Morgan fingerprint density at radius 2 is 2.06 bits per heavy atom. The van der Waals surface area contributed by atoms with Crippen LogP contribution in [0.4, 0.5) is 0 Å². The third-order valence-electron chi connectivity index (χ3n) is 3.38. The monoisotopic (exact) mass is 217 g/mol. The summed E-state index contributed by atoms with van der Waals surface area (Å²) >= 11 is 0. The van der Waals surface area contributed by atoms with E-state index in [-0.39, 0.29) is 0 Å². The third-order valence-corrected chi connectivity index (χ3v) is 3.38. The van der Waals surface area contributed by atoms with Gasteiger partial charge in [0.05, 0.1) is 0 Å². The zero-order chi connectivity index (χ0) is 11.7. The van der Waals surface area contributed by atoms with Gasteiger partial charge in [-0.15, -0.1) is 0 Å². The molecule has 0 amide bonds. The van der Waals surface area contributed by atoms with E-state index in [2.05, 4.69) is 51.2 Å². The maximum absolute atomic E-state index is 3.60. The molecule has 0 saturated heterocycles. The van der Waals surface area contributed by atoms with Gasteiger partial charge in [0.2, 0.25) is 0 Å². The van der Waals surface area contributed by atoms with Gasteiger partial charge >= 0.3 is 0 Å². The van der Waals surface area contributed by atoms with Crippen molar-refractivity contribution in [3.8, 4) is 0 Å². The molecule has 2 rings (SSSR count). The van der Waals surface area contributed by atoms with Crippen LogP contribution in [-0.2, 0) is 12.8 Å². The fraction of sp³-hybridized carbons (Fsp3) is 0.600. The lowest BCUT2D eigenvalue weighted by Gasteiger charge is -2.29. The minimum Gasteiger partial charge on any atom is -0.307 e. The van der Waals surface area contributed by atoms with E-state index in [4.69, 9.17) is 0 Å². The second-order valence-corrected chi connectivity index (χ2v) is 5.62. The molecule has 2 atom stereocenters. The summed E-state index contributed by atoms with van der Waals surface area (Å²) in [4.78, 5) is 0. The second kappa shape index (κ2) is 4.58. The van der Waals surface area contributed by atoms with E-state index < -0.39 is 0 Å². The zero-order valence-electron chi connectivity index (χ0n) is 10.9. The molecule has 0 aliphatic carbocycles. The Morgan fingerprint density at radius 3 is 2.75 bits per heavy atom. The van der Waals surface area contributed by atoms with Crippen LogP contribution in [0.1, 0.15) is 50.4 Å². The molecular weight excluding hydrogens is 194 g/mol. The molecule has 1 aliphatic rings. The van der Waals surface area contributed by atoms with Gasteiger partial charge in [-0.25, -0.2) is 0 Å². The number of nitrogens with one attached hydrogen (secondary N) is 1. The predicted octanol–water partition coefficient (Wildman–Crippen LogP) is 3.48. The number of hydrogen-bond acceptors (Lipinski definition) is 1. The maximum Gasteiger partial charge on any atom is 0.0297 e. The van der Waals surface area contributed by atoms with Crippen molar-refractivity contribution < 1.29 is 0 Å². The SMILES string of the molecule is CC(C)Cc1ccc2c(c1)CC(C)NC2C. The van der Waals surface area contributed by atoms with Gasteiger partial charge < -0.3 is 5.32 Å². The largest absolute Gasteiger partial charge is 0.307 e. The Bertz CT molecular complexity index is 368. The van der Waals surface area contributed by atoms with Crippen molar-refractivity contribution in [1.82, 2.24) is 5.32 Å². The minimum absolute atomic E-state index is 0.506. The average molecular weight is 217 g/mol. The molecule has 0 spiro atoms. The van der Waals surface area contributed by atoms with Gasteiger partial charge in [-0.1, -0.05) is 32.0 Å². The summed E-state index contributed by atoms with van der Waals surface area (Å²) in [5, 5.41) is 3.60. The average Bonchev–Trinajstić information content (AvgIpc) is 2.15. The summed E-state index contributed by atoms with van der Waals surface area (Å²) in [6.07, 6.45) is 2.37. The van der Waals surface area contributed by atoms with E-state index in [1.807, 2.05) is 0 Å². The van der Waals surface area contributed by atoms with Gasteiger partial charge in [-0.05, 0) is 49.3 Å². The quantitative estimate of drug-likeness (QED) is 0.799. The summed E-state index contributed by atoms with van der Waals surface area (Å²) < 4.78 is 0. The molecule has 1 aromatic rings. The normalized spacial score (nSPS) is 24.6. The van der Waals surface area contributed by atoms with Crippen LogP contribution >= 0.6 is 0 Å². The molecule has 1 aromatic carbocycles. The highest BCUT2D eigenvalue weighted by Gasteiger charge is 2.20. The first-order valence-corrected chi connectivity index (χ1v) is 6.44. The van der Waals surface area contributed by atoms with Crippen molar-refractivity contribution >= 4 is 0 Å². The van der Waals surface area contributed by atoms with Crippen molar-refractivity contribution in [3.63, 3.8) is 0 Å². The van der Waals surface area contributed by atoms with Crippen LogP contribution in [0.15, 0.2) is 18.2 Å². The fourth-order valence-electron chi connectivity index (χ4n) is 2.76. The first-order valence-electron chi connectivity index (χ1n) is 6.44. The molecule has 1 heterocycles. The molecule has 1 aliphatic heterocycles. The van der Waals surface area contributed by atoms with Crippen molar-refractivity contribution in [3.05, 3.63) is 34.9 Å². The van der Waals surface area contributed by atoms with Crippen molar-refractivity contribution in [2.24, 2.45) is 5.92 Å². The summed E-state index contributed by atoms with van der Waals surface area (Å²) in [6.45, 7) is 9.10. The molecule has 1 nitrogen and oxygen atoms in total. The lowest BCUT2D eigenvalue weighted by atomic mass is 9.88. The molecule has 0 saturated carbocycles. The van der Waals surface area contributed by atoms with Gasteiger partial charge in [0.25, 0.3) is 0 Å². The smallest absolute Gasteiger partial charge is 0.0297 e. The van der Waals surface area contributed by atoms with Crippen LogP contribution in [0.25, 0.3) is 0 Å². The van der Waals surface area contributed by atoms with Crippen LogP contribution in [0.5, 0.6) is 0 Å². The second-order valence-electron chi connectivity index (χ2n) is 5.62. The summed E-state index contributed by atoms with van der Waals surface area (Å²) in [6, 6.07) is 8.15. The molecule has 1 N–H and O–H groups in total. The van der Waals surface area contributed by atoms with Gasteiger partial charge in [-0.3, -0.25) is 0 Å². The van der Waals surface area contributed by atoms with E-state index in [1.165, 1.54) is 24.0 Å². The first kappa shape index (κ1) is 11.7. The van der Waals surface area contributed by atoms with Crippen LogP contribution in [0, 0.1) is 5.92 Å². The molecule has 88 valence electrons. The van der Waals surface area contributed by atoms with Crippen LogP contribution in [-0.4, -0.2) is 6.04 Å². The van der Waals surface area contributed by atoms with Gasteiger partial charge in [0.15, 0.2) is 0 Å².